The van der Waals surface area contributed by atoms with E-state index in [0.717, 1.165) is 16.0 Å². The van der Waals surface area contributed by atoms with Crippen LogP contribution in [0.5, 0.6) is 0 Å². The fraction of sp³-hybridized carbons (Fsp3) is 0. The zero-order valence-corrected chi connectivity index (χ0v) is 13.8. The maximum Gasteiger partial charge on any atom is 0.255 e. The van der Waals surface area contributed by atoms with Crippen LogP contribution >= 0.6 is 11.3 Å². The molecule has 120 valence electrons. The number of hydrogen-bond donors (Lipinski definition) is 2. The molecule has 5 nitrogen and oxygen atoms in total. The lowest BCUT2D eigenvalue weighted by Crippen LogP contribution is -2.11. The lowest BCUT2D eigenvalue weighted by molar-refractivity contribution is 0.102. The molecule has 6 heteroatoms. The summed E-state index contributed by atoms with van der Waals surface area (Å²) < 4.78 is 0. The van der Waals surface area contributed by atoms with E-state index in [0.29, 0.717) is 16.8 Å². The quantitative estimate of drug-likeness (QED) is 0.545. The van der Waals surface area contributed by atoms with Gasteiger partial charge in [0.1, 0.15) is 11.0 Å². The number of carbonyl (C=O) groups excluding carboxylic acids is 1. The summed E-state index contributed by atoms with van der Waals surface area (Å²) in [7, 11) is 0. The van der Waals surface area contributed by atoms with E-state index < -0.39 is 0 Å². The summed E-state index contributed by atoms with van der Waals surface area (Å²) in [4.78, 5) is 13.4. The van der Waals surface area contributed by atoms with Crippen molar-refractivity contribution in [1.29, 1.82) is 0 Å². The first-order valence-corrected chi connectivity index (χ1v) is 8.43. The van der Waals surface area contributed by atoms with Gasteiger partial charge in [-0.25, -0.2) is 0 Å². The molecule has 0 radical (unpaired) electrons. The number of benzene rings is 2. The number of amides is 1. The van der Waals surface area contributed by atoms with Gasteiger partial charge in [-0.2, -0.15) is 15.4 Å². The van der Waals surface area contributed by atoms with Crippen LogP contribution < -0.4 is 5.32 Å². The van der Waals surface area contributed by atoms with Gasteiger partial charge in [0, 0.05) is 16.8 Å². The molecule has 0 saturated carbocycles. The van der Waals surface area contributed by atoms with E-state index in [2.05, 4.69) is 32.6 Å². The lowest BCUT2D eigenvalue weighted by atomic mass is 10.1. The topological polar surface area (TPSA) is 70.7 Å². The first kappa shape index (κ1) is 15.1. The Labute approximate surface area is 147 Å². The second-order valence-corrected chi connectivity index (χ2v) is 6.24. The second kappa shape index (κ2) is 6.59. The molecule has 1 amide bonds. The summed E-state index contributed by atoms with van der Waals surface area (Å²) >= 11 is 1.60. The molecule has 0 saturated heterocycles. The molecule has 0 aliphatic heterocycles. The molecular formula is C19H12N4OS. The number of fused-ring (bicyclic) bond motifs is 1. The van der Waals surface area contributed by atoms with Gasteiger partial charge in [-0.15, -0.1) is 11.3 Å². The van der Waals surface area contributed by atoms with Crippen molar-refractivity contribution < 1.29 is 4.79 Å². The molecule has 2 N–H and O–H groups in total. The highest BCUT2D eigenvalue weighted by molar-refractivity contribution is 7.10. The molecular weight excluding hydrogens is 332 g/mol. The number of aromatic nitrogens is 3. The maximum atomic E-state index is 12.4. The van der Waals surface area contributed by atoms with E-state index >= 15 is 0 Å². The van der Waals surface area contributed by atoms with Gasteiger partial charge in [0.2, 0.25) is 0 Å². The van der Waals surface area contributed by atoms with Crippen molar-refractivity contribution in [3.05, 3.63) is 76.0 Å². The summed E-state index contributed by atoms with van der Waals surface area (Å²) in [5.41, 5.74) is 3.45. The Balaban J connectivity index is 1.53. The molecule has 25 heavy (non-hydrogen) atoms. The minimum atomic E-state index is -0.201. The molecule has 4 aromatic rings. The Bertz CT molecular complexity index is 1100. The van der Waals surface area contributed by atoms with Gasteiger partial charge in [-0.1, -0.05) is 24.0 Å². The molecule has 4 rings (SSSR count). The molecule has 0 atom stereocenters. The number of thiophene rings is 1. The van der Waals surface area contributed by atoms with Crippen LogP contribution in [-0.4, -0.2) is 21.3 Å². The van der Waals surface area contributed by atoms with Crippen LogP contribution in [0, 0.1) is 11.8 Å². The molecule has 0 aliphatic carbocycles. The third kappa shape index (κ3) is 3.42. The fourth-order valence-electron chi connectivity index (χ4n) is 2.34. The number of anilines is 1. The molecule has 2 aromatic heterocycles. The number of nitrogens with zero attached hydrogens (tertiary/aromatic N) is 2. The molecule has 2 aromatic carbocycles. The van der Waals surface area contributed by atoms with Crippen LogP contribution in [0.1, 0.15) is 20.8 Å². The van der Waals surface area contributed by atoms with E-state index in [9.17, 15) is 4.79 Å². The standard InChI is InChI=1S/C19H12N4OS/c24-19(14-7-9-17-18(12-14)22-23-21-17)20-15-4-1-3-13(11-15)6-8-16-5-2-10-25-16/h1-5,7,9-12H,(H,20,24)(H,21,22,23). The van der Waals surface area contributed by atoms with Gasteiger partial charge in [0.15, 0.2) is 0 Å². The zero-order valence-electron chi connectivity index (χ0n) is 13.0. The number of rotatable bonds is 2. The van der Waals surface area contributed by atoms with Crippen LogP contribution in [0.4, 0.5) is 5.69 Å². The van der Waals surface area contributed by atoms with Gasteiger partial charge < -0.3 is 5.32 Å². The highest BCUT2D eigenvalue weighted by Crippen LogP contribution is 2.15. The van der Waals surface area contributed by atoms with E-state index in [1.54, 1.807) is 29.5 Å². The van der Waals surface area contributed by atoms with Crippen LogP contribution in [0.3, 0.4) is 0 Å². The molecule has 0 aliphatic rings. The van der Waals surface area contributed by atoms with E-state index in [-0.39, 0.29) is 5.91 Å². The Morgan fingerprint density at radius 1 is 1.00 bits per heavy atom. The summed E-state index contributed by atoms with van der Waals surface area (Å²) in [6, 6.07) is 16.6. The summed E-state index contributed by atoms with van der Waals surface area (Å²) in [6.45, 7) is 0. The lowest BCUT2D eigenvalue weighted by Gasteiger charge is -2.05. The normalized spacial score (nSPS) is 10.2. The van der Waals surface area contributed by atoms with Crippen LogP contribution in [-0.2, 0) is 0 Å². The molecule has 0 bridgehead atoms. The predicted octanol–water partition coefficient (Wildman–Crippen LogP) is 3.67. The Kier molecular flexibility index (Phi) is 3.99. The first-order chi connectivity index (χ1) is 12.3. The van der Waals surface area contributed by atoms with Gasteiger partial charge in [-0.05, 0) is 47.8 Å². The summed E-state index contributed by atoms with van der Waals surface area (Å²) in [5.74, 6) is 6.01. The average Bonchev–Trinajstić information content (AvgIpc) is 3.31. The van der Waals surface area contributed by atoms with Crippen molar-refractivity contribution >= 4 is 34.0 Å². The van der Waals surface area contributed by atoms with Crippen LogP contribution in [0.15, 0.2) is 60.0 Å². The Hall–Kier alpha value is -3.43. The minimum Gasteiger partial charge on any atom is -0.322 e. The van der Waals surface area contributed by atoms with E-state index in [1.807, 2.05) is 41.8 Å². The van der Waals surface area contributed by atoms with Crippen LogP contribution in [0.25, 0.3) is 11.0 Å². The predicted molar refractivity (Wildman–Crippen MR) is 98.6 cm³/mol. The summed E-state index contributed by atoms with van der Waals surface area (Å²) in [6.07, 6.45) is 0. The van der Waals surface area contributed by atoms with Gasteiger partial charge >= 0.3 is 0 Å². The molecule has 2 heterocycles. The largest absolute Gasteiger partial charge is 0.322 e. The molecule has 0 spiro atoms. The maximum absolute atomic E-state index is 12.4. The monoisotopic (exact) mass is 344 g/mol. The number of aromatic amines is 1. The van der Waals surface area contributed by atoms with Gasteiger partial charge in [0.25, 0.3) is 5.91 Å². The second-order valence-electron chi connectivity index (χ2n) is 5.29. The number of H-pyrrole nitrogens is 1. The third-order valence-electron chi connectivity index (χ3n) is 3.55. The van der Waals surface area contributed by atoms with Crippen LogP contribution in [0.2, 0.25) is 0 Å². The Morgan fingerprint density at radius 2 is 1.92 bits per heavy atom. The van der Waals surface area contributed by atoms with Gasteiger partial charge in [-0.3, -0.25) is 4.79 Å². The number of hydrogen-bond acceptors (Lipinski definition) is 4. The van der Waals surface area contributed by atoms with Gasteiger partial charge in [0.05, 0.1) is 4.88 Å². The summed E-state index contributed by atoms with van der Waals surface area (Å²) in [5, 5.41) is 15.4. The van der Waals surface area contributed by atoms with Crippen molar-refractivity contribution in [1.82, 2.24) is 15.4 Å². The Morgan fingerprint density at radius 3 is 2.80 bits per heavy atom. The molecule has 0 fully saturated rings. The zero-order chi connectivity index (χ0) is 17.1. The van der Waals surface area contributed by atoms with Crippen molar-refractivity contribution in [2.75, 3.05) is 5.32 Å². The van der Waals surface area contributed by atoms with Crippen molar-refractivity contribution in [2.45, 2.75) is 0 Å². The van der Waals surface area contributed by atoms with Crippen molar-refractivity contribution in [3.63, 3.8) is 0 Å². The highest BCUT2D eigenvalue weighted by Gasteiger charge is 2.08. The SMILES string of the molecule is O=C(Nc1cccc(C#Cc2cccs2)c1)c1ccc2n[nH]nc2c1. The molecule has 0 unspecified atom stereocenters. The highest BCUT2D eigenvalue weighted by atomic mass is 32.1. The minimum absolute atomic E-state index is 0.201. The van der Waals surface area contributed by atoms with E-state index in [1.165, 1.54) is 0 Å². The number of carbonyl (C=O) groups is 1. The smallest absolute Gasteiger partial charge is 0.255 e. The van der Waals surface area contributed by atoms with Crippen molar-refractivity contribution in [2.24, 2.45) is 0 Å². The fourth-order valence-corrected chi connectivity index (χ4v) is 2.91. The first-order valence-electron chi connectivity index (χ1n) is 7.55. The van der Waals surface area contributed by atoms with E-state index in [4.69, 9.17) is 0 Å². The third-order valence-corrected chi connectivity index (χ3v) is 4.34. The average molecular weight is 344 g/mol. The van der Waals surface area contributed by atoms with Crippen molar-refractivity contribution in [3.8, 4) is 11.8 Å². The number of nitrogens with one attached hydrogen (secondary N) is 2.